The summed E-state index contributed by atoms with van der Waals surface area (Å²) < 4.78 is 38.6. The third-order valence-electron chi connectivity index (χ3n) is 2.63. The molecule has 0 aliphatic carbocycles. The van der Waals surface area contributed by atoms with Crippen LogP contribution in [0.3, 0.4) is 0 Å². The number of anilines is 1. The first kappa shape index (κ1) is 15.8. The molecule has 1 aromatic carbocycles. The van der Waals surface area contributed by atoms with E-state index in [4.69, 9.17) is 0 Å². The molecule has 9 heteroatoms. The smallest absolute Gasteiger partial charge is 0.375 e. The van der Waals surface area contributed by atoms with Crippen molar-refractivity contribution < 1.29 is 18.1 Å². The fourth-order valence-corrected chi connectivity index (χ4v) is 2.85. The van der Waals surface area contributed by atoms with Crippen LogP contribution in [0, 0.1) is 10.1 Å². The van der Waals surface area contributed by atoms with Gasteiger partial charge in [-0.25, -0.2) is 0 Å². The Bertz CT molecular complexity index is 673. The van der Waals surface area contributed by atoms with Gasteiger partial charge in [-0.2, -0.15) is 13.2 Å². The van der Waals surface area contributed by atoms with Crippen molar-refractivity contribution in [2.45, 2.75) is 12.7 Å². The van der Waals surface area contributed by atoms with Gasteiger partial charge >= 0.3 is 6.18 Å². The van der Waals surface area contributed by atoms with E-state index in [9.17, 15) is 23.3 Å². The molecule has 1 aromatic heterocycles. The van der Waals surface area contributed by atoms with E-state index < -0.39 is 22.4 Å². The van der Waals surface area contributed by atoms with E-state index in [1.54, 1.807) is 0 Å². The lowest BCUT2D eigenvalue weighted by molar-refractivity contribution is -0.384. The number of nitro benzene ring substituents is 1. The predicted octanol–water partition coefficient (Wildman–Crippen LogP) is 5.05. The summed E-state index contributed by atoms with van der Waals surface area (Å²) in [5.41, 5.74) is -0.714. The van der Waals surface area contributed by atoms with Crippen molar-refractivity contribution in [1.82, 2.24) is 0 Å². The van der Waals surface area contributed by atoms with Crippen LogP contribution in [0.1, 0.15) is 11.1 Å². The third-order valence-corrected chi connectivity index (χ3v) is 4.18. The highest BCUT2D eigenvalue weighted by Crippen LogP contribution is 2.35. The van der Waals surface area contributed by atoms with E-state index in [-0.39, 0.29) is 12.2 Å². The Morgan fingerprint density at radius 1 is 1.33 bits per heavy atom. The van der Waals surface area contributed by atoms with Crippen LogP contribution in [0.5, 0.6) is 0 Å². The van der Waals surface area contributed by atoms with Gasteiger partial charge in [0.25, 0.3) is 5.69 Å². The molecule has 21 heavy (non-hydrogen) atoms. The average Bonchev–Trinajstić information content (AvgIpc) is 2.80. The number of halogens is 4. The van der Waals surface area contributed by atoms with Crippen LogP contribution < -0.4 is 5.32 Å². The monoisotopic (exact) mass is 380 g/mol. The van der Waals surface area contributed by atoms with Gasteiger partial charge in [0.05, 0.1) is 14.3 Å². The summed E-state index contributed by atoms with van der Waals surface area (Å²) in [4.78, 5) is 10.1. The maximum Gasteiger partial charge on any atom is 0.416 e. The molecule has 1 heterocycles. The molecule has 0 saturated carbocycles. The van der Waals surface area contributed by atoms with E-state index in [1.807, 2.05) is 11.4 Å². The van der Waals surface area contributed by atoms with Crippen molar-refractivity contribution in [3.63, 3.8) is 0 Å². The molecule has 4 nitrogen and oxygen atoms in total. The summed E-state index contributed by atoms with van der Waals surface area (Å²) in [7, 11) is 0. The maximum absolute atomic E-state index is 12.6. The summed E-state index contributed by atoms with van der Waals surface area (Å²) in [6.07, 6.45) is -4.61. The lowest BCUT2D eigenvalue weighted by Gasteiger charge is -2.10. The Labute approximate surface area is 129 Å². The molecule has 0 amide bonds. The van der Waals surface area contributed by atoms with Crippen molar-refractivity contribution in [1.29, 1.82) is 0 Å². The Morgan fingerprint density at radius 2 is 2.05 bits per heavy atom. The van der Waals surface area contributed by atoms with Gasteiger partial charge in [0.15, 0.2) is 0 Å². The zero-order chi connectivity index (χ0) is 15.6. The molecule has 2 rings (SSSR count). The topological polar surface area (TPSA) is 55.2 Å². The second-order valence-corrected chi connectivity index (χ2v) is 6.39. The highest BCUT2D eigenvalue weighted by Gasteiger charge is 2.32. The lowest BCUT2D eigenvalue weighted by atomic mass is 10.1. The van der Waals surface area contributed by atoms with Gasteiger partial charge in [-0.3, -0.25) is 10.1 Å². The minimum Gasteiger partial charge on any atom is -0.375 e. The number of nitro groups is 1. The number of rotatable bonds is 4. The van der Waals surface area contributed by atoms with Crippen LogP contribution in [0.4, 0.5) is 24.5 Å². The number of hydrogen-bond donors (Lipinski definition) is 1. The van der Waals surface area contributed by atoms with Crippen LogP contribution in [-0.4, -0.2) is 4.92 Å². The van der Waals surface area contributed by atoms with Crippen molar-refractivity contribution in [2.75, 3.05) is 5.32 Å². The molecule has 0 atom stereocenters. The first-order valence-corrected chi connectivity index (χ1v) is 7.27. The summed E-state index contributed by atoms with van der Waals surface area (Å²) in [6.45, 7) is 0.286. The van der Waals surface area contributed by atoms with Crippen LogP contribution in [0.2, 0.25) is 0 Å². The zero-order valence-electron chi connectivity index (χ0n) is 10.3. The van der Waals surface area contributed by atoms with E-state index in [1.165, 1.54) is 11.3 Å². The number of alkyl halides is 3. The van der Waals surface area contributed by atoms with Crippen LogP contribution >= 0.6 is 27.3 Å². The van der Waals surface area contributed by atoms with Crippen molar-refractivity contribution >= 4 is 38.6 Å². The molecular weight excluding hydrogens is 373 g/mol. The normalized spacial score (nSPS) is 11.4. The molecule has 0 aliphatic heterocycles. The van der Waals surface area contributed by atoms with Gasteiger partial charge in [0, 0.05) is 12.6 Å². The van der Waals surface area contributed by atoms with E-state index >= 15 is 0 Å². The second-order valence-electron chi connectivity index (χ2n) is 4.10. The number of nitrogens with one attached hydrogen (secondary N) is 1. The van der Waals surface area contributed by atoms with Gasteiger partial charge < -0.3 is 5.32 Å². The summed E-state index contributed by atoms with van der Waals surface area (Å²) in [5, 5.41) is 15.5. The highest BCUT2D eigenvalue weighted by molar-refractivity contribution is 9.11. The number of nitrogens with zero attached hydrogens (tertiary/aromatic N) is 1. The van der Waals surface area contributed by atoms with Crippen LogP contribution in [0.15, 0.2) is 33.4 Å². The molecule has 0 saturated heterocycles. The summed E-state index contributed by atoms with van der Waals surface area (Å²) in [5.74, 6) is 0. The Balaban J connectivity index is 2.24. The Hall–Kier alpha value is -1.61. The molecule has 1 N–H and O–H groups in total. The van der Waals surface area contributed by atoms with Crippen molar-refractivity contribution in [3.05, 3.63) is 54.7 Å². The molecule has 0 unspecified atom stereocenters. The number of thiophene rings is 1. The molecular formula is C12H8BrF3N2O2S. The Morgan fingerprint density at radius 3 is 2.57 bits per heavy atom. The number of hydrogen-bond acceptors (Lipinski definition) is 4. The minimum absolute atomic E-state index is 0.0512. The summed E-state index contributed by atoms with van der Waals surface area (Å²) >= 11 is 4.73. The first-order valence-electron chi connectivity index (χ1n) is 5.60. The largest absolute Gasteiger partial charge is 0.416 e. The summed E-state index contributed by atoms with van der Waals surface area (Å²) in [6, 6.07) is 4.25. The zero-order valence-corrected chi connectivity index (χ0v) is 12.7. The minimum atomic E-state index is -4.61. The van der Waals surface area contributed by atoms with E-state index in [2.05, 4.69) is 21.2 Å². The standard InChI is InChI=1S/C12H8BrF3N2O2S/c13-11-3-7(6-21-11)5-17-9-2-1-8(12(14,15)16)4-10(9)18(19)20/h1-4,6,17H,5H2. The van der Waals surface area contributed by atoms with Gasteiger partial charge in [0.2, 0.25) is 0 Å². The third kappa shape index (κ3) is 3.94. The van der Waals surface area contributed by atoms with E-state index in [0.717, 1.165) is 21.5 Å². The van der Waals surface area contributed by atoms with E-state index in [0.29, 0.717) is 6.07 Å². The molecule has 112 valence electrons. The van der Waals surface area contributed by atoms with Crippen LogP contribution in [-0.2, 0) is 12.7 Å². The lowest BCUT2D eigenvalue weighted by Crippen LogP contribution is -2.08. The van der Waals surface area contributed by atoms with Gasteiger partial charge in [-0.15, -0.1) is 11.3 Å². The number of benzene rings is 1. The van der Waals surface area contributed by atoms with Gasteiger partial charge in [-0.1, -0.05) is 0 Å². The van der Waals surface area contributed by atoms with Crippen LogP contribution in [0.25, 0.3) is 0 Å². The van der Waals surface area contributed by atoms with Crippen molar-refractivity contribution in [3.8, 4) is 0 Å². The first-order chi connectivity index (χ1) is 9.77. The highest BCUT2D eigenvalue weighted by atomic mass is 79.9. The average molecular weight is 381 g/mol. The molecule has 0 bridgehead atoms. The molecule has 0 fully saturated rings. The molecule has 0 aliphatic rings. The van der Waals surface area contributed by atoms with Gasteiger partial charge in [-0.05, 0) is 45.1 Å². The fraction of sp³-hybridized carbons (Fsp3) is 0.167. The molecule has 2 aromatic rings. The SMILES string of the molecule is O=[N+]([O-])c1cc(C(F)(F)F)ccc1NCc1csc(Br)c1. The quantitative estimate of drug-likeness (QED) is 0.596. The van der Waals surface area contributed by atoms with Crippen molar-refractivity contribution in [2.24, 2.45) is 0 Å². The fourth-order valence-electron chi connectivity index (χ4n) is 1.64. The predicted molar refractivity (Wildman–Crippen MR) is 77.4 cm³/mol. The van der Waals surface area contributed by atoms with Gasteiger partial charge in [0.1, 0.15) is 5.69 Å². The second kappa shape index (κ2) is 6.02. The maximum atomic E-state index is 12.6. The Kier molecular flexibility index (Phi) is 4.52. The molecule has 0 radical (unpaired) electrons. The molecule has 0 spiro atoms.